The Morgan fingerprint density at radius 3 is 1.27 bits per heavy atom. The summed E-state index contributed by atoms with van der Waals surface area (Å²) in [7, 11) is 0. The summed E-state index contributed by atoms with van der Waals surface area (Å²) < 4.78 is 0. The highest BCUT2D eigenvalue weighted by Gasteiger charge is 2.04. The van der Waals surface area contributed by atoms with Gasteiger partial charge in [0.1, 0.15) is 11.5 Å². The van der Waals surface area contributed by atoms with Crippen LogP contribution in [0.2, 0.25) is 0 Å². The summed E-state index contributed by atoms with van der Waals surface area (Å²) in [6.45, 7) is 7.36. The minimum absolute atomic E-state index is 0.0972. The van der Waals surface area contributed by atoms with E-state index in [1.807, 2.05) is 26.0 Å². The van der Waals surface area contributed by atoms with E-state index < -0.39 is 0 Å². The Labute approximate surface area is 130 Å². The SMILES string of the molecule is Cc1ccc(C=O)c(O)c1C.Cc1ccc(C=O)c(O)c1C. The van der Waals surface area contributed by atoms with Crippen LogP contribution < -0.4 is 0 Å². The van der Waals surface area contributed by atoms with Gasteiger partial charge in [-0.3, -0.25) is 9.59 Å². The molecule has 0 amide bonds. The van der Waals surface area contributed by atoms with Crippen molar-refractivity contribution in [3.63, 3.8) is 0 Å². The van der Waals surface area contributed by atoms with Crippen LogP contribution in [0.25, 0.3) is 0 Å². The highest BCUT2D eigenvalue weighted by atomic mass is 16.3. The Morgan fingerprint density at radius 2 is 1.00 bits per heavy atom. The number of phenolic OH excluding ortho intramolecular Hbond substituents is 2. The zero-order chi connectivity index (χ0) is 16.9. The first-order valence-corrected chi connectivity index (χ1v) is 6.82. The summed E-state index contributed by atoms with van der Waals surface area (Å²) in [5.41, 5.74) is 4.24. The summed E-state index contributed by atoms with van der Waals surface area (Å²) in [5, 5.41) is 18.7. The fourth-order valence-electron chi connectivity index (χ4n) is 1.83. The fourth-order valence-corrected chi connectivity index (χ4v) is 1.83. The lowest BCUT2D eigenvalue weighted by Crippen LogP contribution is -1.87. The van der Waals surface area contributed by atoms with Crippen LogP contribution in [-0.4, -0.2) is 22.8 Å². The number of aldehydes is 2. The van der Waals surface area contributed by atoms with Crippen molar-refractivity contribution < 1.29 is 19.8 Å². The molecule has 0 atom stereocenters. The molecule has 2 N–H and O–H groups in total. The van der Waals surface area contributed by atoms with Crippen molar-refractivity contribution >= 4 is 12.6 Å². The van der Waals surface area contributed by atoms with Gasteiger partial charge < -0.3 is 10.2 Å². The number of hydrogen-bond acceptors (Lipinski definition) is 4. The average Bonchev–Trinajstić information content (AvgIpc) is 2.51. The lowest BCUT2D eigenvalue weighted by atomic mass is 10.1. The molecule has 0 saturated carbocycles. The van der Waals surface area contributed by atoms with Crippen molar-refractivity contribution in [2.24, 2.45) is 0 Å². The molecule has 4 heteroatoms. The van der Waals surface area contributed by atoms with E-state index >= 15 is 0 Å². The van der Waals surface area contributed by atoms with Gasteiger partial charge in [0.15, 0.2) is 12.6 Å². The van der Waals surface area contributed by atoms with Gasteiger partial charge in [-0.15, -0.1) is 0 Å². The number of carbonyl (C=O) groups excluding carboxylic acids is 2. The highest BCUT2D eigenvalue weighted by molar-refractivity contribution is 5.80. The van der Waals surface area contributed by atoms with E-state index in [9.17, 15) is 19.8 Å². The van der Waals surface area contributed by atoms with E-state index in [4.69, 9.17) is 0 Å². The summed E-state index contributed by atoms with van der Waals surface area (Å²) >= 11 is 0. The number of aromatic hydroxyl groups is 2. The van der Waals surface area contributed by atoms with Crippen molar-refractivity contribution in [3.05, 3.63) is 57.6 Å². The van der Waals surface area contributed by atoms with E-state index in [-0.39, 0.29) is 11.5 Å². The van der Waals surface area contributed by atoms with Crippen LogP contribution in [0.3, 0.4) is 0 Å². The molecule has 0 bridgehead atoms. The molecule has 0 heterocycles. The van der Waals surface area contributed by atoms with Gasteiger partial charge in [-0.2, -0.15) is 0 Å². The van der Waals surface area contributed by atoms with Gasteiger partial charge in [-0.05, 0) is 62.1 Å². The molecule has 0 fully saturated rings. The first-order valence-electron chi connectivity index (χ1n) is 6.82. The molecule has 116 valence electrons. The second-order valence-electron chi connectivity index (χ2n) is 5.13. The summed E-state index contributed by atoms with van der Waals surface area (Å²) in [6, 6.07) is 6.87. The third kappa shape index (κ3) is 3.73. The molecule has 2 aromatic carbocycles. The molecule has 2 rings (SSSR count). The molecule has 0 aliphatic heterocycles. The van der Waals surface area contributed by atoms with Gasteiger partial charge in [0.2, 0.25) is 0 Å². The van der Waals surface area contributed by atoms with E-state index in [1.54, 1.807) is 26.0 Å². The Hall–Kier alpha value is -2.62. The van der Waals surface area contributed by atoms with E-state index in [0.717, 1.165) is 22.3 Å². The molecular weight excluding hydrogens is 280 g/mol. The monoisotopic (exact) mass is 300 g/mol. The number of benzene rings is 2. The predicted molar refractivity (Wildman–Crippen MR) is 85.9 cm³/mol. The van der Waals surface area contributed by atoms with Crippen LogP contribution in [0.1, 0.15) is 43.0 Å². The van der Waals surface area contributed by atoms with Gasteiger partial charge in [-0.25, -0.2) is 0 Å². The Balaban J connectivity index is 0.000000220. The van der Waals surface area contributed by atoms with Gasteiger partial charge in [0.25, 0.3) is 0 Å². The molecule has 0 spiro atoms. The molecule has 0 aliphatic carbocycles. The third-order valence-electron chi connectivity index (χ3n) is 3.72. The second kappa shape index (κ2) is 7.41. The molecule has 0 aromatic heterocycles. The summed E-state index contributed by atoms with van der Waals surface area (Å²) in [4.78, 5) is 20.7. The maximum atomic E-state index is 10.3. The fraction of sp³-hybridized carbons (Fsp3) is 0.222. The highest BCUT2D eigenvalue weighted by Crippen LogP contribution is 2.23. The van der Waals surface area contributed by atoms with Crippen LogP contribution >= 0.6 is 0 Å². The standard InChI is InChI=1S/2C9H10O2/c2*1-6-3-4-8(5-10)9(11)7(6)2/h2*3-5,11H,1-2H3. The quantitative estimate of drug-likeness (QED) is 0.830. The minimum Gasteiger partial charge on any atom is -0.507 e. The Kier molecular flexibility index (Phi) is 5.87. The van der Waals surface area contributed by atoms with Crippen LogP contribution in [0.5, 0.6) is 11.5 Å². The molecule has 0 radical (unpaired) electrons. The molecule has 0 unspecified atom stereocenters. The number of rotatable bonds is 2. The normalized spacial score (nSPS) is 9.64. The summed E-state index contributed by atoms with van der Waals surface area (Å²) in [6.07, 6.45) is 1.31. The number of carbonyl (C=O) groups is 2. The van der Waals surface area contributed by atoms with Crippen LogP contribution in [0.15, 0.2) is 24.3 Å². The smallest absolute Gasteiger partial charge is 0.153 e. The van der Waals surface area contributed by atoms with Crippen LogP contribution in [0.4, 0.5) is 0 Å². The van der Waals surface area contributed by atoms with Gasteiger partial charge >= 0.3 is 0 Å². The van der Waals surface area contributed by atoms with Gasteiger partial charge in [0, 0.05) is 0 Å². The Bertz CT molecular complexity index is 641. The number of hydrogen-bond donors (Lipinski definition) is 2. The van der Waals surface area contributed by atoms with Crippen molar-refractivity contribution in [3.8, 4) is 11.5 Å². The van der Waals surface area contributed by atoms with Crippen molar-refractivity contribution in [1.29, 1.82) is 0 Å². The number of phenols is 2. The molecule has 0 saturated heterocycles. The van der Waals surface area contributed by atoms with Crippen LogP contribution in [-0.2, 0) is 0 Å². The largest absolute Gasteiger partial charge is 0.507 e. The van der Waals surface area contributed by atoms with E-state index in [1.165, 1.54) is 0 Å². The maximum Gasteiger partial charge on any atom is 0.153 e. The topological polar surface area (TPSA) is 74.6 Å². The minimum atomic E-state index is 0.0972. The lowest BCUT2D eigenvalue weighted by Gasteiger charge is -2.03. The van der Waals surface area contributed by atoms with Crippen LogP contribution in [0, 0.1) is 27.7 Å². The first-order chi connectivity index (χ1) is 10.3. The molecule has 2 aromatic rings. The second-order valence-corrected chi connectivity index (χ2v) is 5.13. The molecule has 0 aliphatic rings. The van der Waals surface area contributed by atoms with Crippen molar-refractivity contribution in [2.75, 3.05) is 0 Å². The third-order valence-corrected chi connectivity index (χ3v) is 3.72. The molecule has 22 heavy (non-hydrogen) atoms. The van der Waals surface area contributed by atoms with E-state index in [0.29, 0.717) is 23.7 Å². The van der Waals surface area contributed by atoms with E-state index in [2.05, 4.69) is 0 Å². The molecular formula is C18H20O4. The maximum absolute atomic E-state index is 10.3. The van der Waals surface area contributed by atoms with Gasteiger partial charge in [0.05, 0.1) is 11.1 Å². The van der Waals surface area contributed by atoms with Crippen molar-refractivity contribution in [1.82, 2.24) is 0 Å². The summed E-state index contributed by atoms with van der Waals surface area (Å²) in [5.74, 6) is 0.194. The predicted octanol–water partition coefficient (Wildman–Crippen LogP) is 3.64. The number of aryl methyl sites for hydroxylation is 2. The molecule has 4 nitrogen and oxygen atoms in total. The lowest BCUT2D eigenvalue weighted by molar-refractivity contribution is 0.111. The zero-order valence-electron chi connectivity index (χ0n) is 13.2. The first kappa shape index (κ1) is 17.4. The average molecular weight is 300 g/mol. The Morgan fingerprint density at radius 1 is 0.682 bits per heavy atom. The zero-order valence-corrected chi connectivity index (χ0v) is 13.2. The van der Waals surface area contributed by atoms with Gasteiger partial charge in [-0.1, -0.05) is 12.1 Å². The van der Waals surface area contributed by atoms with Crippen molar-refractivity contribution in [2.45, 2.75) is 27.7 Å².